The summed E-state index contributed by atoms with van der Waals surface area (Å²) in [5.41, 5.74) is 3.16. The Balaban J connectivity index is 2.13. The molecule has 0 bridgehead atoms. The Kier molecular flexibility index (Phi) is 6.80. The number of ether oxygens (including phenoxy) is 1. The van der Waals surface area contributed by atoms with E-state index in [1.54, 1.807) is 25.3 Å². The Hall–Kier alpha value is -2.34. The summed E-state index contributed by atoms with van der Waals surface area (Å²) in [6.07, 6.45) is 2.53. The van der Waals surface area contributed by atoms with Crippen molar-refractivity contribution in [3.8, 4) is 0 Å². The van der Waals surface area contributed by atoms with Crippen molar-refractivity contribution >= 4 is 29.3 Å². The number of aryl methyl sites for hydroxylation is 1. The van der Waals surface area contributed by atoms with Gasteiger partial charge >= 0.3 is 5.97 Å². The number of anilines is 1. The number of pyridine rings is 1. The Labute approximate surface area is 158 Å². The smallest absolute Gasteiger partial charge is 0.341 e. The van der Waals surface area contributed by atoms with Crippen molar-refractivity contribution in [2.45, 2.75) is 44.7 Å². The zero-order valence-corrected chi connectivity index (χ0v) is 16.5. The van der Waals surface area contributed by atoms with Crippen molar-refractivity contribution < 1.29 is 14.3 Å². The minimum absolute atomic E-state index is 0.266. The number of carbonyl (C=O) groups is 2. The summed E-state index contributed by atoms with van der Waals surface area (Å²) >= 11 is 1.36. The quantitative estimate of drug-likeness (QED) is 0.600. The topological polar surface area (TPSA) is 68.3 Å². The van der Waals surface area contributed by atoms with E-state index in [1.165, 1.54) is 11.8 Å². The van der Waals surface area contributed by atoms with E-state index in [4.69, 9.17) is 4.74 Å². The Morgan fingerprint density at radius 2 is 1.88 bits per heavy atom. The third-order valence-electron chi connectivity index (χ3n) is 4.01. The van der Waals surface area contributed by atoms with Crippen LogP contribution in [0, 0.1) is 6.92 Å². The lowest BCUT2D eigenvalue weighted by molar-refractivity contribution is -0.123. The average molecular weight is 372 g/mol. The van der Waals surface area contributed by atoms with Gasteiger partial charge in [0.15, 0.2) is 6.10 Å². The highest BCUT2D eigenvalue weighted by atomic mass is 32.2. The number of thioether (sulfide) groups is 1. The van der Waals surface area contributed by atoms with E-state index in [0.29, 0.717) is 10.6 Å². The van der Waals surface area contributed by atoms with Crippen molar-refractivity contribution in [1.29, 1.82) is 0 Å². The maximum atomic E-state index is 12.6. The number of benzene rings is 1. The molecule has 0 aliphatic carbocycles. The minimum Gasteiger partial charge on any atom is -0.449 e. The molecular formula is C20H24N2O3S. The fraction of sp³-hybridized carbons (Fsp3) is 0.350. The molecule has 0 aliphatic rings. The highest BCUT2D eigenvalue weighted by molar-refractivity contribution is 7.98. The van der Waals surface area contributed by atoms with Crippen LogP contribution in [0.3, 0.4) is 0 Å². The van der Waals surface area contributed by atoms with Crippen LogP contribution in [-0.2, 0) is 9.53 Å². The number of para-hydroxylation sites is 1. The number of esters is 1. The van der Waals surface area contributed by atoms with Crippen LogP contribution in [0.15, 0.2) is 41.6 Å². The SMILES string of the molecule is CSc1ncccc1C(=O)O[C@H](C)C(=O)Nc1c(C)cccc1C(C)C. The molecule has 0 fully saturated rings. The summed E-state index contributed by atoms with van der Waals surface area (Å²) in [6, 6.07) is 9.21. The van der Waals surface area contributed by atoms with Crippen molar-refractivity contribution in [1.82, 2.24) is 4.98 Å². The summed E-state index contributed by atoms with van der Waals surface area (Å²) in [6.45, 7) is 7.65. The van der Waals surface area contributed by atoms with E-state index in [1.807, 2.05) is 31.4 Å². The number of rotatable bonds is 6. The molecule has 0 aliphatic heterocycles. The van der Waals surface area contributed by atoms with Gasteiger partial charge in [-0.3, -0.25) is 4.79 Å². The van der Waals surface area contributed by atoms with Gasteiger partial charge in [-0.2, -0.15) is 0 Å². The molecule has 0 unspecified atom stereocenters. The average Bonchev–Trinajstić information content (AvgIpc) is 2.62. The zero-order valence-electron chi connectivity index (χ0n) is 15.7. The summed E-state index contributed by atoms with van der Waals surface area (Å²) < 4.78 is 5.35. The van der Waals surface area contributed by atoms with Crippen LogP contribution in [0.5, 0.6) is 0 Å². The molecule has 0 radical (unpaired) electrons. The molecule has 0 saturated heterocycles. The van der Waals surface area contributed by atoms with Gasteiger partial charge < -0.3 is 10.1 Å². The third-order valence-corrected chi connectivity index (χ3v) is 4.72. The van der Waals surface area contributed by atoms with E-state index < -0.39 is 12.1 Å². The molecule has 1 heterocycles. The lowest BCUT2D eigenvalue weighted by Crippen LogP contribution is -2.30. The zero-order chi connectivity index (χ0) is 19.3. The van der Waals surface area contributed by atoms with Crippen molar-refractivity contribution in [2.75, 3.05) is 11.6 Å². The molecular weight excluding hydrogens is 348 g/mol. The first-order valence-corrected chi connectivity index (χ1v) is 9.68. The van der Waals surface area contributed by atoms with E-state index >= 15 is 0 Å². The summed E-state index contributed by atoms with van der Waals surface area (Å²) in [5.74, 6) is -0.648. The number of carbonyl (C=O) groups excluding carboxylic acids is 2. The second-order valence-electron chi connectivity index (χ2n) is 6.29. The van der Waals surface area contributed by atoms with Crippen LogP contribution < -0.4 is 5.32 Å². The highest BCUT2D eigenvalue weighted by Gasteiger charge is 2.22. The maximum absolute atomic E-state index is 12.6. The molecule has 1 amide bonds. The minimum atomic E-state index is -0.919. The predicted octanol–water partition coefficient (Wildman–Crippen LogP) is 4.42. The van der Waals surface area contributed by atoms with Crippen LogP contribution in [0.25, 0.3) is 0 Å². The van der Waals surface area contributed by atoms with Crippen LogP contribution in [-0.4, -0.2) is 29.2 Å². The molecule has 2 rings (SSSR count). The second kappa shape index (κ2) is 8.85. The van der Waals surface area contributed by atoms with Gasteiger partial charge in [0.25, 0.3) is 5.91 Å². The van der Waals surface area contributed by atoms with Crippen LogP contribution in [0.4, 0.5) is 5.69 Å². The molecule has 0 spiro atoms. The van der Waals surface area contributed by atoms with Crippen LogP contribution in [0.1, 0.15) is 48.2 Å². The van der Waals surface area contributed by atoms with Crippen molar-refractivity contribution in [3.63, 3.8) is 0 Å². The molecule has 1 aromatic carbocycles. The Morgan fingerprint density at radius 1 is 1.15 bits per heavy atom. The number of hydrogen-bond acceptors (Lipinski definition) is 5. The molecule has 1 aromatic heterocycles. The van der Waals surface area contributed by atoms with Gasteiger partial charge in [0.1, 0.15) is 5.03 Å². The number of aromatic nitrogens is 1. The lowest BCUT2D eigenvalue weighted by atomic mass is 9.98. The lowest BCUT2D eigenvalue weighted by Gasteiger charge is -2.19. The largest absolute Gasteiger partial charge is 0.449 e. The molecule has 1 atom stereocenters. The van der Waals surface area contributed by atoms with Crippen molar-refractivity contribution in [2.24, 2.45) is 0 Å². The number of nitrogens with zero attached hydrogens (tertiary/aromatic N) is 1. The Morgan fingerprint density at radius 3 is 2.54 bits per heavy atom. The number of amides is 1. The summed E-state index contributed by atoms with van der Waals surface area (Å²) in [5, 5.41) is 3.48. The van der Waals surface area contributed by atoms with E-state index in [2.05, 4.69) is 24.1 Å². The van der Waals surface area contributed by atoms with Gasteiger partial charge in [-0.05, 0) is 49.3 Å². The van der Waals surface area contributed by atoms with Gasteiger partial charge in [0.05, 0.1) is 5.56 Å². The second-order valence-corrected chi connectivity index (χ2v) is 7.09. The molecule has 6 heteroatoms. The van der Waals surface area contributed by atoms with E-state index in [9.17, 15) is 9.59 Å². The first-order chi connectivity index (χ1) is 12.3. The van der Waals surface area contributed by atoms with Gasteiger partial charge in [-0.25, -0.2) is 9.78 Å². The number of hydrogen-bond donors (Lipinski definition) is 1. The maximum Gasteiger partial charge on any atom is 0.341 e. The summed E-state index contributed by atoms with van der Waals surface area (Å²) in [7, 11) is 0. The Bertz CT molecular complexity index is 805. The van der Waals surface area contributed by atoms with E-state index in [-0.39, 0.29) is 11.8 Å². The highest BCUT2D eigenvalue weighted by Crippen LogP contribution is 2.27. The summed E-state index contributed by atoms with van der Waals surface area (Å²) in [4.78, 5) is 29.1. The predicted molar refractivity (Wildman–Crippen MR) is 105 cm³/mol. The molecule has 2 aromatic rings. The van der Waals surface area contributed by atoms with Crippen LogP contribution >= 0.6 is 11.8 Å². The first kappa shape index (κ1) is 20.0. The first-order valence-electron chi connectivity index (χ1n) is 8.45. The van der Waals surface area contributed by atoms with Gasteiger partial charge in [-0.1, -0.05) is 32.0 Å². The monoisotopic (exact) mass is 372 g/mol. The van der Waals surface area contributed by atoms with Gasteiger partial charge in [0, 0.05) is 11.9 Å². The van der Waals surface area contributed by atoms with Gasteiger partial charge in [0.2, 0.25) is 0 Å². The fourth-order valence-electron chi connectivity index (χ4n) is 2.55. The number of nitrogens with one attached hydrogen (secondary N) is 1. The normalized spacial score (nSPS) is 11.9. The standard InChI is InChI=1S/C20H24N2O3S/c1-12(2)15-9-6-8-13(3)17(15)22-18(23)14(4)25-20(24)16-10-7-11-21-19(16)26-5/h6-12,14H,1-5H3,(H,22,23)/t14-/m1/s1. The van der Waals surface area contributed by atoms with Crippen LogP contribution in [0.2, 0.25) is 0 Å². The molecule has 26 heavy (non-hydrogen) atoms. The van der Waals surface area contributed by atoms with Gasteiger partial charge in [-0.15, -0.1) is 11.8 Å². The third kappa shape index (κ3) is 4.64. The fourth-order valence-corrected chi connectivity index (χ4v) is 3.09. The molecule has 0 saturated carbocycles. The molecule has 5 nitrogen and oxygen atoms in total. The van der Waals surface area contributed by atoms with E-state index in [0.717, 1.165) is 16.8 Å². The molecule has 1 N–H and O–H groups in total. The van der Waals surface area contributed by atoms with Crippen molar-refractivity contribution in [3.05, 3.63) is 53.2 Å². The molecule has 138 valence electrons.